The first-order valence-corrected chi connectivity index (χ1v) is 13.9. The molecule has 0 bridgehead atoms. The van der Waals surface area contributed by atoms with Crippen LogP contribution in [0.15, 0.2) is 11.6 Å². The van der Waals surface area contributed by atoms with E-state index in [9.17, 15) is 20.1 Å². The zero-order valence-corrected chi connectivity index (χ0v) is 22.4. The lowest BCUT2D eigenvalue weighted by Gasteiger charge is -2.71. The largest absolute Gasteiger partial charge is 0.481 e. The van der Waals surface area contributed by atoms with Crippen molar-refractivity contribution in [2.75, 3.05) is 6.61 Å². The van der Waals surface area contributed by atoms with E-state index in [0.717, 1.165) is 64.2 Å². The molecule has 0 aromatic rings. The van der Waals surface area contributed by atoms with Crippen LogP contribution in [0.1, 0.15) is 106 Å². The average molecular weight is 473 g/mol. The summed E-state index contributed by atoms with van der Waals surface area (Å²) in [6.07, 6.45) is 11.6. The highest BCUT2D eigenvalue weighted by Gasteiger charge is 2.69. The third-order valence-electron chi connectivity index (χ3n) is 13.2. The molecule has 4 fully saturated rings. The Balaban J connectivity index is 1.60. The van der Waals surface area contributed by atoms with Gasteiger partial charge in [0.25, 0.3) is 0 Å². The molecule has 0 saturated heterocycles. The number of fused-ring (bicyclic) bond motifs is 7. The van der Waals surface area contributed by atoms with E-state index in [1.54, 1.807) is 0 Å². The normalized spacial score (nSPS) is 54.1. The minimum absolute atomic E-state index is 0.0204. The zero-order chi connectivity index (χ0) is 24.9. The predicted molar refractivity (Wildman–Crippen MR) is 134 cm³/mol. The molecule has 5 aliphatic carbocycles. The van der Waals surface area contributed by atoms with Crippen LogP contribution in [0.2, 0.25) is 0 Å². The van der Waals surface area contributed by atoms with Crippen molar-refractivity contribution in [3.05, 3.63) is 11.6 Å². The molecule has 192 valence electrons. The van der Waals surface area contributed by atoms with Crippen molar-refractivity contribution in [1.82, 2.24) is 0 Å². The van der Waals surface area contributed by atoms with Crippen molar-refractivity contribution < 1.29 is 20.1 Å². The lowest BCUT2D eigenvalue weighted by Crippen LogP contribution is -2.65. The van der Waals surface area contributed by atoms with Crippen LogP contribution in [-0.4, -0.2) is 34.0 Å². The van der Waals surface area contributed by atoms with Gasteiger partial charge in [-0.25, -0.2) is 0 Å². The molecule has 34 heavy (non-hydrogen) atoms. The van der Waals surface area contributed by atoms with Crippen molar-refractivity contribution in [2.45, 2.75) is 112 Å². The van der Waals surface area contributed by atoms with E-state index in [1.165, 1.54) is 5.57 Å². The zero-order valence-electron chi connectivity index (χ0n) is 22.4. The van der Waals surface area contributed by atoms with E-state index >= 15 is 0 Å². The highest BCUT2D eigenvalue weighted by Crippen LogP contribution is 2.75. The number of aliphatic hydroxyl groups excluding tert-OH is 2. The van der Waals surface area contributed by atoms with Gasteiger partial charge in [0.05, 0.1) is 18.1 Å². The summed E-state index contributed by atoms with van der Waals surface area (Å²) >= 11 is 0. The van der Waals surface area contributed by atoms with Gasteiger partial charge >= 0.3 is 5.97 Å². The van der Waals surface area contributed by atoms with Gasteiger partial charge in [-0.1, -0.05) is 53.2 Å². The second kappa shape index (κ2) is 7.34. The summed E-state index contributed by atoms with van der Waals surface area (Å²) in [5.41, 5.74) is 0.858. The molecule has 9 atom stereocenters. The van der Waals surface area contributed by atoms with Crippen LogP contribution in [0.25, 0.3) is 0 Å². The number of carboxylic acids is 1. The Morgan fingerprint density at radius 3 is 2.26 bits per heavy atom. The number of carbonyl (C=O) groups is 1. The molecule has 0 aromatic heterocycles. The molecule has 0 radical (unpaired) electrons. The average Bonchev–Trinajstić information content (AvgIpc) is 2.76. The van der Waals surface area contributed by atoms with Gasteiger partial charge in [0.15, 0.2) is 0 Å². The van der Waals surface area contributed by atoms with E-state index in [4.69, 9.17) is 0 Å². The van der Waals surface area contributed by atoms with Crippen LogP contribution in [0.5, 0.6) is 0 Å². The Kier molecular flexibility index (Phi) is 5.36. The SMILES string of the molecule is CC1(C)CC[C@]2(C(=O)O)CC[C@]3(C)C(=CC[C@H]4[C@@]5(C)CCC(O)[C@@](C)(CO)[C@H]5CC[C@]43C)[C@H]2C1. The number of aliphatic carboxylic acids is 1. The van der Waals surface area contributed by atoms with Crippen molar-refractivity contribution in [2.24, 2.45) is 50.2 Å². The molecule has 3 N–H and O–H groups in total. The Hall–Kier alpha value is -0.870. The van der Waals surface area contributed by atoms with Gasteiger partial charge in [0.2, 0.25) is 0 Å². The van der Waals surface area contributed by atoms with E-state index in [-0.39, 0.29) is 34.2 Å². The summed E-state index contributed by atoms with van der Waals surface area (Å²) in [7, 11) is 0. The third-order valence-corrected chi connectivity index (χ3v) is 13.2. The molecule has 5 rings (SSSR count). The van der Waals surface area contributed by atoms with E-state index in [1.807, 2.05) is 0 Å². The molecule has 0 aliphatic heterocycles. The summed E-state index contributed by atoms with van der Waals surface area (Å²) < 4.78 is 0. The summed E-state index contributed by atoms with van der Waals surface area (Å²) in [6, 6.07) is 0. The molecule has 1 unspecified atom stereocenters. The highest BCUT2D eigenvalue weighted by atomic mass is 16.4. The summed E-state index contributed by atoms with van der Waals surface area (Å²) in [6.45, 7) is 14.3. The molecular weight excluding hydrogens is 424 g/mol. The van der Waals surface area contributed by atoms with Crippen molar-refractivity contribution >= 4 is 5.97 Å². The van der Waals surface area contributed by atoms with Crippen molar-refractivity contribution in [1.29, 1.82) is 0 Å². The van der Waals surface area contributed by atoms with Gasteiger partial charge in [-0.05, 0) is 104 Å². The van der Waals surface area contributed by atoms with Crippen LogP contribution < -0.4 is 0 Å². The van der Waals surface area contributed by atoms with E-state index < -0.39 is 22.9 Å². The molecule has 4 nitrogen and oxygen atoms in total. The predicted octanol–water partition coefficient (Wildman–Crippen LogP) is 6.21. The minimum atomic E-state index is -0.588. The van der Waals surface area contributed by atoms with Gasteiger partial charge < -0.3 is 15.3 Å². The Morgan fingerprint density at radius 2 is 1.62 bits per heavy atom. The maximum Gasteiger partial charge on any atom is 0.310 e. The van der Waals surface area contributed by atoms with Crippen molar-refractivity contribution in [3.8, 4) is 0 Å². The van der Waals surface area contributed by atoms with Gasteiger partial charge in [-0.2, -0.15) is 0 Å². The number of hydrogen-bond acceptors (Lipinski definition) is 3. The monoisotopic (exact) mass is 472 g/mol. The first kappa shape index (κ1) is 24.8. The quantitative estimate of drug-likeness (QED) is 0.418. The summed E-state index contributed by atoms with van der Waals surface area (Å²) in [5.74, 6) is 0.395. The topological polar surface area (TPSA) is 77.8 Å². The van der Waals surface area contributed by atoms with Gasteiger partial charge in [0, 0.05) is 5.41 Å². The number of hydrogen-bond donors (Lipinski definition) is 3. The standard InChI is InChI=1S/C30H48O4/c1-25(2)13-15-30(24(33)34)16-14-28(5)19(20(30)17-25)7-8-22-26(3)11-10-23(32)27(4,18-31)21(26)9-12-29(22,28)6/h7,20-23,31-32H,8-18H2,1-6H3,(H,33,34)/t20-,21+,22+,23?,26+,27+,28-,29-,30+/m1/s1. The molecule has 0 amide bonds. The number of carboxylic acid groups (broad SMARTS) is 1. The fourth-order valence-corrected chi connectivity index (χ4v) is 10.7. The first-order chi connectivity index (χ1) is 15.7. The highest BCUT2D eigenvalue weighted by molar-refractivity contribution is 5.76. The summed E-state index contributed by atoms with van der Waals surface area (Å²) in [5, 5.41) is 31.8. The summed E-state index contributed by atoms with van der Waals surface area (Å²) in [4.78, 5) is 12.8. The second-order valence-corrected chi connectivity index (χ2v) is 14.9. The van der Waals surface area contributed by atoms with E-state index in [2.05, 4.69) is 47.6 Å². The maximum atomic E-state index is 12.8. The van der Waals surface area contributed by atoms with Crippen molar-refractivity contribution in [3.63, 3.8) is 0 Å². The third kappa shape index (κ3) is 2.88. The van der Waals surface area contributed by atoms with Crippen LogP contribution in [0, 0.1) is 50.2 Å². The van der Waals surface area contributed by atoms with Gasteiger partial charge in [-0.3, -0.25) is 4.79 Å². The maximum absolute atomic E-state index is 12.8. The van der Waals surface area contributed by atoms with Crippen LogP contribution in [0.3, 0.4) is 0 Å². The molecule has 4 heteroatoms. The van der Waals surface area contributed by atoms with Gasteiger partial charge in [0.1, 0.15) is 0 Å². The lowest BCUT2D eigenvalue weighted by atomic mass is 9.33. The smallest absolute Gasteiger partial charge is 0.310 e. The Morgan fingerprint density at radius 1 is 0.941 bits per heavy atom. The number of rotatable bonds is 2. The lowest BCUT2D eigenvalue weighted by molar-refractivity contribution is -0.216. The second-order valence-electron chi connectivity index (χ2n) is 14.9. The molecule has 0 spiro atoms. The minimum Gasteiger partial charge on any atom is -0.481 e. The Bertz CT molecular complexity index is 907. The Labute approximate surface area is 206 Å². The fourth-order valence-electron chi connectivity index (χ4n) is 10.7. The number of aliphatic hydroxyl groups is 2. The molecule has 5 aliphatic rings. The van der Waals surface area contributed by atoms with Crippen LogP contribution >= 0.6 is 0 Å². The van der Waals surface area contributed by atoms with E-state index in [0.29, 0.717) is 11.8 Å². The first-order valence-electron chi connectivity index (χ1n) is 13.9. The molecule has 0 heterocycles. The molecular formula is C30H48O4. The fraction of sp³-hybridized carbons (Fsp3) is 0.900. The number of allylic oxidation sites excluding steroid dienone is 2. The van der Waals surface area contributed by atoms with Crippen LogP contribution in [0.4, 0.5) is 0 Å². The van der Waals surface area contributed by atoms with Gasteiger partial charge in [-0.15, -0.1) is 0 Å². The molecule has 0 aromatic carbocycles. The molecule has 4 saturated carbocycles. The van der Waals surface area contributed by atoms with Crippen LogP contribution in [-0.2, 0) is 4.79 Å².